The summed E-state index contributed by atoms with van der Waals surface area (Å²) in [4.78, 5) is 31.6. The van der Waals surface area contributed by atoms with Crippen LogP contribution < -0.4 is 10.9 Å². The first-order valence-corrected chi connectivity index (χ1v) is 10.6. The lowest BCUT2D eigenvalue weighted by molar-refractivity contribution is -0.119. The Morgan fingerprint density at radius 3 is 2.84 bits per heavy atom. The van der Waals surface area contributed by atoms with Gasteiger partial charge in [-0.1, -0.05) is 11.8 Å². The van der Waals surface area contributed by atoms with Crippen molar-refractivity contribution in [2.75, 3.05) is 18.8 Å². The Hall–Kier alpha value is -1.38. The number of thioether (sulfide) groups is 1. The maximum absolute atomic E-state index is 12.3. The van der Waals surface area contributed by atoms with Gasteiger partial charge < -0.3 is 10.2 Å². The van der Waals surface area contributed by atoms with Crippen molar-refractivity contribution in [2.24, 2.45) is 7.05 Å². The SMILES string of the molecule is Cn1c(SCC(=O)NC2CCN(C3CC3)CC2)nc2ccsc2c1=O. The number of rotatable bonds is 5. The monoisotopic (exact) mass is 378 g/mol. The van der Waals surface area contributed by atoms with E-state index in [1.807, 2.05) is 11.4 Å². The van der Waals surface area contributed by atoms with Gasteiger partial charge in [0, 0.05) is 32.2 Å². The first-order chi connectivity index (χ1) is 12.1. The second-order valence-electron chi connectivity index (χ2n) is 6.79. The molecular weight excluding hydrogens is 356 g/mol. The topological polar surface area (TPSA) is 67.2 Å². The largest absolute Gasteiger partial charge is 0.353 e. The summed E-state index contributed by atoms with van der Waals surface area (Å²) in [5, 5.41) is 5.60. The van der Waals surface area contributed by atoms with Crippen molar-refractivity contribution >= 4 is 39.2 Å². The molecule has 0 radical (unpaired) electrons. The highest BCUT2D eigenvalue weighted by Gasteiger charge is 2.32. The van der Waals surface area contributed by atoms with Crippen molar-refractivity contribution in [2.45, 2.75) is 42.9 Å². The van der Waals surface area contributed by atoms with Crippen molar-refractivity contribution in [3.05, 3.63) is 21.8 Å². The van der Waals surface area contributed by atoms with Crippen LogP contribution in [0.5, 0.6) is 0 Å². The van der Waals surface area contributed by atoms with Crippen LogP contribution in [0.4, 0.5) is 0 Å². The molecule has 0 aromatic carbocycles. The third-order valence-corrected chi connectivity index (χ3v) is 6.86. The second kappa shape index (κ2) is 7.09. The predicted molar refractivity (Wildman–Crippen MR) is 101 cm³/mol. The van der Waals surface area contributed by atoms with Crippen molar-refractivity contribution < 1.29 is 4.79 Å². The Balaban J connectivity index is 1.31. The molecule has 1 aliphatic carbocycles. The molecule has 134 valence electrons. The maximum Gasteiger partial charge on any atom is 0.271 e. The molecule has 3 heterocycles. The Bertz CT molecular complexity index is 835. The van der Waals surface area contributed by atoms with Gasteiger partial charge in [0.05, 0.1) is 11.3 Å². The summed E-state index contributed by atoms with van der Waals surface area (Å²) >= 11 is 2.73. The summed E-state index contributed by atoms with van der Waals surface area (Å²) in [5.74, 6) is 0.313. The molecule has 6 nitrogen and oxygen atoms in total. The molecule has 1 aliphatic heterocycles. The average molecular weight is 379 g/mol. The van der Waals surface area contributed by atoms with Crippen LogP contribution >= 0.6 is 23.1 Å². The smallest absolute Gasteiger partial charge is 0.271 e. The van der Waals surface area contributed by atoms with Crippen LogP contribution in [-0.4, -0.2) is 51.3 Å². The molecule has 2 aromatic rings. The fourth-order valence-electron chi connectivity index (χ4n) is 3.34. The normalized spacial score (nSPS) is 19.4. The van der Waals surface area contributed by atoms with E-state index in [1.54, 1.807) is 7.05 Å². The summed E-state index contributed by atoms with van der Waals surface area (Å²) in [6.07, 6.45) is 4.75. The maximum atomic E-state index is 12.3. The lowest BCUT2D eigenvalue weighted by Crippen LogP contribution is -2.45. The molecule has 1 saturated carbocycles. The molecule has 0 unspecified atom stereocenters. The van der Waals surface area contributed by atoms with E-state index in [9.17, 15) is 9.59 Å². The van der Waals surface area contributed by atoms with E-state index < -0.39 is 0 Å². The number of amides is 1. The van der Waals surface area contributed by atoms with Gasteiger partial charge in [0.1, 0.15) is 4.70 Å². The fourth-order valence-corrected chi connectivity index (χ4v) is 4.93. The van der Waals surface area contributed by atoms with E-state index in [0.717, 1.165) is 32.0 Å². The Morgan fingerprint density at radius 2 is 2.12 bits per heavy atom. The highest BCUT2D eigenvalue weighted by molar-refractivity contribution is 7.99. The summed E-state index contributed by atoms with van der Waals surface area (Å²) in [7, 11) is 1.71. The first kappa shape index (κ1) is 17.1. The van der Waals surface area contributed by atoms with Crippen molar-refractivity contribution in [3.63, 3.8) is 0 Å². The number of piperidine rings is 1. The van der Waals surface area contributed by atoms with Crippen LogP contribution in [0.3, 0.4) is 0 Å². The number of fused-ring (bicyclic) bond motifs is 1. The molecule has 1 N–H and O–H groups in total. The molecular formula is C17H22N4O2S2. The van der Waals surface area contributed by atoms with Gasteiger partial charge in [-0.2, -0.15) is 0 Å². The zero-order valence-electron chi connectivity index (χ0n) is 14.2. The number of aromatic nitrogens is 2. The minimum absolute atomic E-state index is 0.0227. The average Bonchev–Trinajstić information content (AvgIpc) is 3.35. The van der Waals surface area contributed by atoms with E-state index in [0.29, 0.717) is 21.1 Å². The number of likely N-dealkylation sites (tertiary alicyclic amines) is 1. The third-order valence-electron chi connectivity index (χ3n) is 4.94. The van der Waals surface area contributed by atoms with Gasteiger partial charge in [0.2, 0.25) is 5.91 Å². The Kier molecular flexibility index (Phi) is 4.84. The highest BCUT2D eigenvalue weighted by Crippen LogP contribution is 2.29. The van der Waals surface area contributed by atoms with Crippen LogP contribution in [0, 0.1) is 0 Å². The first-order valence-electron chi connectivity index (χ1n) is 8.72. The van der Waals surface area contributed by atoms with Gasteiger partial charge >= 0.3 is 0 Å². The number of thiophene rings is 1. The number of nitrogens with one attached hydrogen (secondary N) is 1. The van der Waals surface area contributed by atoms with Gasteiger partial charge in [-0.15, -0.1) is 11.3 Å². The highest BCUT2D eigenvalue weighted by atomic mass is 32.2. The summed E-state index contributed by atoms with van der Waals surface area (Å²) in [5.41, 5.74) is 0.666. The molecule has 2 fully saturated rings. The van der Waals surface area contributed by atoms with Crippen LogP contribution in [0.25, 0.3) is 10.2 Å². The molecule has 2 aromatic heterocycles. The number of carbonyl (C=O) groups is 1. The predicted octanol–water partition coefficient (Wildman–Crippen LogP) is 1.83. The summed E-state index contributed by atoms with van der Waals surface area (Å²) in [6.45, 7) is 2.18. The molecule has 2 aliphatic rings. The molecule has 0 spiro atoms. The van der Waals surface area contributed by atoms with Crippen LogP contribution in [0.1, 0.15) is 25.7 Å². The molecule has 1 amide bonds. The zero-order chi connectivity index (χ0) is 17.4. The van der Waals surface area contributed by atoms with Crippen molar-refractivity contribution in [3.8, 4) is 0 Å². The quantitative estimate of drug-likeness (QED) is 0.635. The minimum atomic E-state index is -0.0460. The second-order valence-corrected chi connectivity index (χ2v) is 8.65. The number of carbonyl (C=O) groups excluding carboxylic acids is 1. The molecule has 4 rings (SSSR count). The molecule has 8 heteroatoms. The van der Waals surface area contributed by atoms with Crippen molar-refractivity contribution in [1.29, 1.82) is 0 Å². The number of hydrogen-bond acceptors (Lipinski definition) is 6. The van der Waals surface area contributed by atoms with E-state index in [2.05, 4.69) is 15.2 Å². The van der Waals surface area contributed by atoms with Crippen LogP contribution in [0.15, 0.2) is 21.4 Å². The summed E-state index contributed by atoms with van der Waals surface area (Å²) < 4.78 is 2.20. The van der Waals surface area contributed by atoms with E-state index >= 15 is 0 Å². The van der Waals surface area contributed by atoms with Crippen LogP contribution in [0.2, 0.25) is 0 Å². The third kappa shape index (κ3) is 3.75. The number of nitrogens with zero attached hydrogens (tertiary/aromatic N) is 3. The van der Waals surface area contributed by atoms with Crippen LogP contribution in [-0.2, 0) is 11.8 Å². The van der Waals surface area contributed by atoms with Gasteiger partial charge in [-0.05, 0) is 37.1 Å². The summed E-state index contributed by atoms with van der Waals surface area (Å²) in [6, 6.07) is 2.94. The molecule has 25 heavy (non-hydrogen) atoms. The van der Waals surface area contributed by atoms with E-state index in [1.165, 1.54) is 40.5 Å². The molecule has 0 bridgehead atoms. The van der Waals surface area contributed by atoms with E-state index in [-0.39, 0.29) is 17.5 Å². The number of hydrogen-bond donors (Lipinski definition) is 1. The Labute approximate surface area is 154 Å². The zero-order valence-corrected chi connectivity index (χ0v) is 15.9. The van der Waals surface area contributed by atoms with Gasteiger partial charge in [0.25, 0.3) is 5.56 Å². The lowest BCUT2D eigenvalue weighted by Gasteiger charge is -2.32. The molecule has 1 saturated heterocycles. The van der Waals surface area contributed by atoms with Gasteiger partial charge in [-0.3, -0.25) is 14.2 Å². The van der Waals surface area contributed by atoms with Gasteiger partial charge in [0.15, 0.2) is 5.16 Å². The standard InChI is InChI=1S/C17H22N4O2S2/c1-20-16(23)15-13(6-9-24-15)19-17(20)25-10-14(22)18-11-4-7-21(8-5-11)12-2-3-12/h6,9,11-12H,2-5,7-8,10H2,1H3,(H,18,22). The Morgan fingerprint density at radius 1 is 1.36 bits per heavy atom. The minimum Gasteiger partial charge on any atom is -0.353 e. The fraction of sp³-hybridized carbons (Fsp3) is 0.588. The van der Waals surface area contributed by atoms with E-state index in [4.69, 9.17) is 0 Å². The van der Waals surface area contributed by atoms with Gasteiger partial charge in [-0.25, -0.2) is 4.98 Å². The lowest BCUT2D eigenvalue weighted by atomic mass is 10.1. The molecule has 0 atom stereocenters. The van der Waals surface area contributed by atoms with Crippen molar-refractivity contribution in [1.82, 2.24) is 19.8 Å².